The Kier molecular flexibility index (Phi) is 4.45. The van der Waals surface area contributed by atoms with Crippen molar-refractivity contribution in [1.29, 1.82) is 0 Å². The van der Waals surface area contributed by atoms with Crippen LogP contribution in [0.2, 0.25) is 12.4 Å². The van der Waals surface area contributed by atoms with E-state index in [1.807, 2.05) is 0 Å². The van der Waals surface area contributed by atoms with E-state index in [4.69, 9.17) is 0 Å². The molecule has 0 N–H and O–H groups in total. The Morgan fingerprint density at radius 1 is 0.733 bits per heavy atom. The van der Waals surface area contributed by atoms with E-state index in [0.29, 0.717) is 7.94 Å². The van der Waals surface area contributed by atoms with Gasteiger partial charge >= 0.3 is 102 Å². The van der Waals surface area contributed by atoms with Crippen LogP contribution in [0.25, 0.3) is 0 Å². The third-order valence-corrected chi connectivity index (χ3v) is 15.2. The molecule has 0 aromatic rings. The molecule has 0 aliphatic heterocycles. The molecule has 1 saturated carbocycles. The van der Waals surface area contributed by atoms with Gasteiger partial charge < -0.3 is 0 Å². The first-order chi connectivity index (χ1) is 6.73. The molecule has 0 nitrogen and oxygen atoms in total. The van der Waals surface area contributed by atoms with E-state index in [1.54, 1.807) is 12.8 Å². The van der Waals surface area contributed by atoms with Crippen molar-refractivity contribution in [1.82, 2.24) is 0 Å². The van der Waals surface area contributed by atoms with Crippen LogP contribution in [0.1, 0.15) is 73.6 Å². The second-order valence-electron chi connectivity index (χ2n) is 7.61. The van der Waals surface area contributed by atoms with Gasteiger partial charge in [-0.2, -0.15) is 0 Å². The SMILES string of the molecule is C[C](C)(C)[Ga]([CH]1CCCCC1)[C](C)(C)C. The predicted octanol–water partition coefficient (Wildman–Crippen LogP) is 5.42. The Morgan fingerprint density at radius 2 is 1.13 bits per heavy atom. The minimum absolute atomic E-state index is 0.646. The van der Waals surface area contributed by atoms with Gasteiger partial charge in [-0.3, -0.25) is 0 Å². The molecule has 0 atom stereocenters. The van der Waals surface area contributed by atoms with Gasteiger partial charge in [-0.1, -0.05) is 0 Å². The zero-order valence-electron chi connectivity index (χ0n) is 11.7. The molecule has 0 aromatic carbocycles. The second-order valence-corrected chi connectivity index (χ2v) is 18.9. The molecule has 1 rings (SSSR count). The first-order valence-electron chi connectivity index (χ1n) is 6.73. The van der Waals surface area contributed by atoms with Crippen molar-refractivity contribution in [2.45, 2.75) is 86.1 Å². The molecule has 0 aromatic heterocycles. The van der Waals surface area contributed by atoms with E-state index < -0.39 is 16.2 Å². The summed E-state index contributed by atoms with van der Waals surface area (Å²) in [4.78, 5) is 0. The van der Waals surface area contributed by atoms with E-state index in [0.717, 1.165) is 4.47 Å². The van der Waals surface area contributed by atoms with E-state index in [2.05, 4.69) is 41.5 Å². The van der Waals surface area contributed by atoms with E-state index in [-0.39, 0.29) is 0 Å². The summed E-state index contributed by atoms with van der Waals surface area (Å²) in [6.07, 6.45) is 7.63. The number of hydrogen-bond donors (Lipinski definition) is 0. The predicted molar refractivity (Wildman–Crippen MR) is 72.0 cm³/mol. The van der Waals surface area contributed by atoms with Crippen LogP contribution in [0.5, 0.6) is 0 Å². The summed E-state index contributed by atoms with van der Waals surface area (Å²) in [5.41, 5.74) is 0. The molecule has 0 amide bonds. The molecular weight excluding hydrogens is 238 g/mol. The van der Waals surface area contributed by atoms with E-state index in [9.17, 15) is 0 Å². The average molecular weight is 267 g/mol. The van der Waals surface area contributed by atoms with Crippen molar-refractivity contribution in [3.63, 3.8) is 0 Å². The van der Waals surface area contributed by atoms with Gasteiger partial charge in [-0.05, 0) is 0 Å². The third kappa shape index (κ3) is 3.85. The second kappa shape index (κ2) is 4.87. The van der Waals surface area contributed by atoms with Gasteiger partial charge in [0.05, 0.1) is 0 Å². The summed E-state index contributed by atoms with van der Waals surface area (Å²) >= 11 is -1.24. The average Bonchev–Trinajstić information content (AvgIpc) is 2.00. The molecule has 1 fully saturated rings. The maximum atomic E-state index is 2.51. The van der Waals surface area contributed by atoms with Crippen LogP contribution in [0.15, 0.2) is 0 Å². The van der Waals surface area contributed by atoms with Crippen molar-refractivity contribution in [2.75, 3.05) is 0 Å². The standard InChI is InChI=1S/C6H11.2C4H9.Ga/c1-2-4-6-5-3-1;2*1-4(2)3;/h1H,2-6H2;2*1-3H3;. The van der Waals surface area contributed by atoms with Gasteiger partial charge in [0.15, 0.2) is 0 Å². The molecule has 15 heavy (non-hydrogen) atoms. The fourth-order valence-electron chi connectivity index (χ4n) is 4.18. The van der Waals surface area contributed by atoms with Gasteiger partial charge in [0.25, 0.3) is 0 Å². The van der Waals surface area contributed by atoms with Crippen LogP contribution < -0.4 is 0 Å². The van der Waals surface area contributed by atoms with Crippen molar-refractivity contribution >= 4 is 16.2 Å². The fourth-order valence-corrected chi connectivity index (χ4v) is 18.0. The molecule has 0 unspecified atom stereocenters. The van der Waals surface area contributed by atoms with Crippen molar-refractivity contribution in [3.8, 4) is 0 Å². The van der Waals surface area contributed by atoms with Gasteiger partial charge in [0, 0.05) is 0 Å². The van der Waals surface area contributed by atoms with E-state index in [1.165, 1.54) is 19.3 Å². The minimum atomic E-state index is -1.24. The Morgan fingerprint density at radius 3 is 1.47 bits per heavy atom. The molecule has 0 heterocycles. The topological polar surface area (TPSA) is 0 Å². The molecule has 0 bridgehead atoms. The molecule has 0 saturated heterocycles. The van der Waals surface area contributed by atoms with Crippen LogP contribution in [-0.2, 0) is 0 Å². The molecule has 1 aliphatic rings. The zero-order chi connectivity index (χ0) is 11.7. The molecule has 0 radical (unpaired) electrons. The molecular formula is C14H29Ga. The zero-order valence-corrected chi connectivity index (χ0v) is 14.1. The third-order valence-electron chi connectivity index (χ3n) is 3.99. The first kappa shape index (κ1) is 13.7. The summed E-state index contributed by atoms with van der Waals surface area (Å²) in [6, 6.07) is 0. The number of rotatable bonds is 1. The first-order valence-corrected chi connectivity index (χ1v) is 10.5. The normalized spacial score (nSPS) is 20.4. The molecule has 88 valence electrons. The van der Waals surface area contributed by atoms with Crippen LogP contribution in [0.4, 0.5) is 0 Å². The van der Waals surface area contributed by atoms with Crippen molar-refractivity contribution in [2.24, 2.45) is 0 Å². The van der Waals surface area contributed by atoms with Crippen LogP contribution in [0, 0.1) is 0 Å². The summed E-state index contributed by atoms with van der Waals surface area (Å²) in [7, 11) is 0. The molecule has 0 spiro atoms. The summed E-state index contributed by atoms with van der Waals surface area (Å²) in [5.74, 6) is 0. The fraction of sp³-hybridized carbons (Fsp3) is 1.00. The van der Waals surface area contributed by atoms with Gasteiger partial charge in [-0.15, -0.1) is 0 Å². The van der Waals surface area contributed by atoms with Gasteiger partial charge in [0.2, 0.25) is 0 Å². The molecule has 1 aliphatic carbocycles. The number of hydrogen-bond acceptors (Lipinski definition) is 0. The Balaban J connectivity index is 2.80. The van der Waals surface area contributed by atoms with Crippen LogP contribution in [-0.4, -0.2) is 16.2 Å². The van der Waals surface area contributed by atoms with E-state index >= 15 is 0 Å². The Hall–Kier alpha value is 0.636. The maximum absolute atomic E-state index is 2.51. The van der Waals surface area contributed by atoms with Crippen LogP contribution in [0.3, 0.4) is 0 Å². The summed E-state index contributed by atoms with van der Waals surface area (Å²) in [6.45, 7) is 15.1. The monoisotopic (exact) mass is 266 g/mol. The molecule has 1 heteroatoms. The van der Waals surface area contributed by atoms with Gasteiger partial charge in [-0.25, -0.2) is 0 Å². The quantitative estimate of drug-likeness (QED) is 0.557. The Bertz CT molecular complexity index is 174. The van der Waals surface area contributed by atoms with Crippen molar-refractivity contribution < 1.29 is 0 Å². The summed E-state index contributed by atoms with van der Waals surface area (Å²) in [5, 5.41) is 0. The van der Waals surface area contributed by atoms with Crippen LogP contribution >= 0.6 is 0 Å². The Labute approximate surface area is 102 Å². The van der Waals surface area contributed by atoms with Gasteiger partial charge in [0.1, 0.15) is 0 Å². The summed E-state index contributed by atoms with van der Waals surface area (Å²) < 4.78 is 2.45. The van der Waals surface area contributed by atoms with Crippen molar-refractivity contribution in [3.05, 3.63) is 0 Å².